The van der Waals surface area contributed by atoms with Gasteiger partial charge in [0, 0.05) is 12.3 Å². The van der Waals surface area contributed by atoms with Crippen LogP contribution in [0.25, 0.3) is 0 Å². The van der Waals surface area contributed by atoms with Crippen LogP contribution >= 0.6 is 0 Å². The van der Waals surface area contributed by atoms with E-state index in [1.54, 1.807) is 0 Å². The fraction of sp³-hybridized carbons (Fsp3) is 0.727. The van der Waals surface area contributed by atoms with Crippen molar-refractivity contribution in [3.63, 3.8) is 0 Å². The van der Waals surface area contributed by atoms with Crippen molar-refractivity contribution in [2.45, 2.75) is 18.9 Å². The lowest BCUT2D eigenvalue weighted by atomic mass is 9.91. The molecule has 0 N–H and O–H groups in total. The van der Waals surface area contributed by atoms with Crippen molar-refractivity contribution >= 4 is 15.9 Å². The molecule has 0 aliphatic heterocycles. The molecule has 16 heavy (non-hydrogen) atoms. The van der Waals surface area contributed by atoms with Crippen molar-refractivity contribution in [2.75, 3.05) is 6.26 Å². The molecule has 0 heterocycles. The van der Waals surface area contributed by atoms with Crippen molar-refractivity contribution in [1.82, 2.24) is 0 Å². The molecule has 2 saturated carbocycles. The Balaban J connectivity index is 1.89. The van der Waals surface area contributed by atoms with Crippen LogP contribution in [0, 0.1) is 23.7 Å². The van der Waals surface area contributed by atoms with Gasteiger partial charge in [-0.2, -0.15) is 8.42 Å². The Morgan fingerprint density at radius 3 is 2.69 bits per heavy atom. The van der Waals surface area contributed by atoms with Crippen molar-refractivity contribution in [3.8, 4) is 0 Å². The van der Waals surface area contributed by atoms with Gasteiger partial charge in [-0.3, -0.25) is 8.98 Å². The molecule has 3 aliphatic rings. The van der Waals surface area contributed by atoms with Crippen LogP contribution in [0.5, 0.6) is 0 Å². The van der Waals surface area contributed by atoms with Crippen LogP contribution in [-0.4, -0.2) is 26.6 Å². The number of ketones is 1. The van der Waals surface area contributed by atoms with E-state index < -0.39 is 16.2 Å². The van der Waals surface area contributed by atoms with Gasteiger partial charge in [-0.25, -0.2) is 0 Å². The van der Waals surface area contributed by atoms with E-state index in [-0.39, 0.29) is 11.7 Å². The van der Waals surface area contributed by atoms with Gasteiger partial charge in [0.2, 0.25) is 0 Å². The van der Waals surface area contributed by atoms with Gasteiger partial charge in [0.05, 0.1) is 12.4 Å². The molecule has 0 spiro atoms. The number of rotatable bonds is 2. The first-order chi connectivity index (χ1) is 7.46. The van der Waals surface area contributed by atoms with Gasteiger partial charge in [0.15, 0.2) is 0 Å². The second-order valence-corrected chi connectivity index (χ2v) is 6.66. The zero-order chi connectivity index (χ0) is 11.5. The van der Waals surface area contributed by atoms with E-state index >= 15 is 0 Å². The summed E-state index contributed by atoms with van der Waals surface area (Å²) in [5, 5.41) is 0. The van der Waals surface area contributed by atoms with Crippen LogP contribution in [0.4, 0.5) is 0 Å². The third-order valence-electron chi connectivity index (χ3n) is 4.02. The second kappa shape index (κ2) is 3.17. The van der Waals surface area contributed by atoms with Crippen LogP contribution in [0.3, 0.4) is 0 Å². The molecule has 0 saturated heterocycles. The van der Waals surface area contributed by atoms with Gasteiger partial charge in [0.1, 0.15) is 5.78 Å². The summed E-state index contributed by atoms with van der Waals surface area (Å²) in [5.41, 5.74) is 0. The molecule has 0 aromatic heterocycles. The van der Waals surface area contributed by atoms with E-state index in [1.807, 2.05) is 0 Å². The molecule has 0 amide bonds. The van der Waals surface area contributed by atoms with Gasteiger partial charge < -0.3 is 0 Å². The maximum absolute atomic E-state index is 11.8. The predicted molar refractivity (Wildman–Crippen MR) is 57.1 cm³/mol. The van der Waals surface area contributed by atoms with Gasteiger partial charge >= 0.3 is 0 Å². The fourth-order valence-corrected chi connectivity index (χ4v) is 4.26. The van der Waals surface area contributed by atoms with E-state index in [2.05, 4.69) is 12.2 Å². The highest BCUT2D eigenvalue weighted by Crippen LogP contribution is 2.54. The summed E-state index contributed by atoms with van der Waals surface area (Å²) in [6.07, 6.45) is 6.10. The smallest absolute Gasteiger partial charge is 0.264 e. The maximum atomic E-state index is 11.8. The molecule has 4 nitrogen and oxygen atoms in total. The first-order valence-electron chi connectivity index (χ1n) is 5.55. The number of hydrogen-bond donors (Lipinski definition) is 0. The summed E-state index contributed by atoms with van der Waals surface area (Å²) >= 11 is 0. The predicted octanol–water partition coefficient (Wildman–Crippen LogP) is 0.742. The van der Waals surface area contributed by atoms with Crippen LogP contribution in [-0.2, 0) is 19.1 Å². The van der Waals surface area contributed by atoms with E-state index in [0.29, 0.717) is 30.6 Å². The van der Waals surface area contributed by atoms with E-state index in [0.717, 1.165) is 6.26 Å². The molecule has 0 unspecified atom stereocenters. The van der Waals surface area contributed by atoms with Crippen molar-refractivity contribution in [3.05, 3.63) is 12.2 Å². The summed E-state index contributed by atoms with van der Waals surface area (Å²) in [5.74, 6) is 0.957. The Kier molecular flexibility index (Phi) is 2.07. The highest BCUT2D eigenvalue weighted by atomic mass is 32.2. The lowest BCUT2D eigenvalue weighted by Crippen LogP contribution is -2.27. The number of allylic oxidation sites excluding steroid dienone is 2. The number of carbonyl (C=O) groups excluding carboxylic acids is 1. The monoisotopic (exact) mass is 242 g/mol. The first kappa shape index (κ1) is 10.5. The van der Waals surface area contributed by atoms with E-state index in [1.165, 1.54) is 0 Å². The summed E-state index contributed by atoms with van der Waals surface area (Å²) in [4.78, 5) is 11.8. The highest BCUT2D eigenvalue weighted by Gasteiger charge is 2.56. The third-order valence-corrected chi connectivity index (χ3v) is 4.62. The molecule has 2 fully saturated rings. The lowest BCUT2D eigenvalue weighted by Gasteiger charge is -2.16. The molecule has 0 bridgehead atoms. The maximum Gasteiger partial charge on any atom is 0.264 e. The summed E-state index contributed by atoms with van der Waals surface area (Å²) in [7, 11) is -3.46. The summed E-state index contributed by atoms with van der Waals surface area (Å²) in [6, 6.07) is 0. The fourth-order valence-electron chi connectivity index (χ4n) is 3.61. The second-order valence-electron chi connectivity index (χ2n) is 5.06. The number of carbonyl (C=O) groups is 1. The topological polar surface area (TPSA) is 60.4 Å². The normalized spacial score (nSPS) is 45.3. The zero-order valence-electron chi connectivity index (χ0n) is 9.00. The average Bonchev–Trinajstić information content (AvgIpc) is 2.70. The highest BCUT2D eigenvalue weighted by molar-refractivity contribution is 7.86. The lowest BCUT2D eigenvalue weighted by molar-refractivity contribution is -0.122. The Bertz CT molecular complexity index is 464. The molecular formula is C11H14O4S. The minimum absolute atomic E-state index is 0.176. The number of hydrogen-bond acceptors (Lipinski definition) is 4. The molecular weight excluding hydrogens is 228 g/mol. The van der Waals surface area contributed by atoms with Gasteiger partial charge in [-0.05, 0) is 24.2 Å². The average molecular weight is 242 g/mol. The van der Waals surface area contributed by atoms with Crippen molar-refractivity contribution in [1.29, 1.82) is 0 Å². The minimum atomic E-state index is -3.46. The molecule has 0 aromatic rings. The summed E-state index contributed by atoms with van der Waals surface area (Å²) in [6.45, 7) is 0. The molecule has 0 aromatic carbocycles. The van der Waals surface area contributed by atoms with Crippen molar-refractivity contribution < 1.29 is 17.4 Å². The Morgan fingerprint density at radius 2 is 2.00 bits per heavy atom. The Morgan fingerprint density at radius 1 is 1.31 bits per heavy atom. The molecule has 5 atom stereocenters. The third kappa shape index (κ3) is 1.45. The quantitative estimate of drug-likeness (QED) is 0.529. The van der Waals surface area contributed by atoms with Crippen molar-refractivity contribution in [2.24, 2.45) is 23.7 Å². The van der Waals surface area contributed by atoms with Gasteiger partial charge in [-0.1, -0.05) is 12.2 Å². The Labute approximate surface area is 94.8 Å². The molecule has 3 aliphatic carbocycles. The summed E-state index contributed by atoms with van der Waals surface area (Å²) < 4.78 is 27.3. The van der Waals surface area contributed by atoms with Crippen LogP contribution in [0.15, 0.2) is 12.2 Å². The standard InChI is InChI=1S/C11H14O4S/c1-16(13,14)15-9-5-7-3-2-6-4-8(12)11(9)10(6)7/h2-3,6-7,9-11H,4-5H2,1H3/t6-,7-,9-,10-,11+/m0/s1. The SMILES string of the molecule is CS(=O)(=O)O[C@H]1C[C@@H]2C=C[C@H]3CC(=O)[C@H]1[C@@H]32. The zero-order valence-corrected chi connectivity index (χ0v) is 9.81. The molecule has 88 valence electrons. The van der Waals surface area contributed by atoms with E-state index in [9.17, 15) is 13.2 Å². The molecule has 0 radical (unpaired) electrons. The Hall–Kier alpha value is -0.680. The number of Topliss-reactive ketones (excluding diaryl/α,β-unsaturated/α-hetero) is 1. The first-order valence-corrected chi connectivity index (χ1v) is 7.36. The largest absolute Gasteiger partial charge is 0.299 e. The minimum Gasteiger partial charge on any atom is -0.299 e. The van der Waals surface area contributed by atoms with Crippen LogP contribution in [0.2, 0.25) is 0 Å². The van der Waals surface area contributed by atoms with E-state index in [4.69, 9.17) is 4.18 Å². The van der Waals surface area contributed by atoms with Crippen LogP contribution in [0.1, 0.15) is 12.8 Å². The molecule has 5 heteroatoms. The van der Waals surface area contributed by atoms with Gasteiger partial charge in [0.25, 0.3) is 10.1 Å². The molecule has 3 rings (SSSR count). The van der Waals surface area contributed by atoms with Gasteiger partial charge in [-0.15, -0.1) is 0 Å². The van der Waals surface area contributed by atoms with Crippen LogP contribution < -0.4 is 0 Å².